The van der Waals surface area contributed by atoms with Crippen LogP contribution in [0.3, 0.4) is 0 Å². The van der Waals surface area contributed by atoms with Gasteiger partial charge in [0, 0.05) is 18.8 Å². The van der Waals surface area contributed by atoms with E-state index in [1.165, 1.54) is 11.1 Å². The van der Waals surface area contributed by atoms with Gasteiger partial charge < -0.3 is 16.0 Å². The second-order valence-electron chi connectivity index (χ2n) is 5.15. The van der Waals surface area contributed by atoms with Crippen LogP contribution in [0, 0.1) is 6.92 Å². The van der Waals surface area contributed by atoms with E-state index in [9.17, 15) is 4.79 Å². The summed E-state index contributed by atoms with van der Waals surface area (Å²) >= 11 is 0. The minimum atomic E-state index is -0.214. The highest BCUT2D eigenvalue weighted by molar-refractivity contribution is 5.84. The van der Waals surface area contributed by atoms with Gasteiger partial charge in [-0.2, -0.15) is 0 Å². The van der Waals surface area contributed by atoms with Crippen molar-refractivity contribution in [1.29, 1.82) is 0 Å². The number of carbonyl (C=O) groups is 1. The Labute approximate surface area is 115 Å². The molecule has 0 bridgehead atoms. The molecule has 1 amide bonds. The van der Waals surface area contributed by atoms with E-state index in [-0.39, 0.29) is 11.9 Å². The van der Waals surface area contributed by atoms with Crippen molar-refractivity contribution in [2.45, 2.75) is 39.3 Å². The quantitative estimate of drug-likeness (QED) is 0.845. The molecule has 0 saturated carbocycles. The van der Waals surface area contributed by atoms with Crippen molar-refractivity contribution in [3.63, 3.8) is 0 Å². The maximum Gasteiger partial charge on any atom is 0.240 e. The Morgan fingerprint density at radius 2 is 2.32 bits per heavy atom. The minimum Gasteiger partial charge on any atom is -0.368 e. The summed E-state index contributed by atoms with van der Waals surface area (Å²) in [6.07, 6.45) is 1.90. The molecule has 1 saturated heterocycles. The number of nitrogens with one attached hydrogen (secondary N) is 1. The van der Waals surface area contributed by atoms with Gasteiger partial charge in [-0.25, -0.2) is 0 Å². The van der Waals surface area contributed by atoms with Crippen LogP contribution in [-0.4, -0.2) is 25.0 Å². The summed E-state index contributed by atoms with van der Waals surface area (Å²) in [6.45, 7) is 6.97. The van der Waals surface area contributed by atoms with Crippen LogP contribution in [0.25, 0.3) is 0 Å². The van der Waals surface area contributed by atoms with E-state index in [0.717, 1.165) is 38.2 Å². The van der Waals surface area contributed by atoms with E-state index in [2.05, 4.69) is 42.3 Å². The van der Waals surface area contributed by atoms with Gasteiger partial charge in [-0.05, 0) is 43.5 Å². The fraction of sp³-hybridized carbons (Fsp3) is 0.533. The van der Waals surface area contributed by atoms with Gasteiger partial charge in [0.1, 0.15) is 6.04 Å². The Morgan fingerprint density at radius 1 is 1.53 bits per heavy atom. The lowest BCUT2D eigenvalue weighted by atomic mass is 10.1. The van der Waals surface area contributed by atoms with Crippen LogP contribution in [0.15, 0.2) is 18.2 Å². The normalized spacial score (nSPS) is 18.8. The molecule has 19 heavy (non-hydrogen) atoms. The van der Waals surface area contributed by atoms with Crippen LogP contribution in [-0.2, 0) is 11.3 Å². The summed E-state index contributed by atoms with van der Waals surface area (Å²) in [5.74, 6) is -0.214. The second kappa shape index (κ2) is 6.06. The predicted molar refractivity (Wildman–Crippen MR) is 78.1 cm³/mol. The molecule has 1 unspecified atom stereocenters. The Morgan fingerprint density at radius 3 is 2.95 bits per heavy atom. The first kappa shape index (κ1) is 13.9. The smallest absolute Gasteiger partial charge is 0.240 e. The molecule has 4 heteroatoms. The van der Waals surface area contributed by atoms with Gasteiger partial charge in [-0.3, -0.25) is 4.79 Å². The molecule has 1 heterocycles. The van der Waals surface area contributed by atoms with E-state index in [1.807, 2.05) is 0 Å². The number of amides is 1. The molecule has 1 aliphatic heterocycles. The van der Waals surface area contributed by atoms with E-state index >= 15 is 0 Å². The molecular weight excluding hydrogens is 238 g/mol. The van der Waals surface area contributed by atoms with E-state index in [4.69, 9.17) is 5.73 Å². The number of carbonyl (C=O) groups excluding carboxylic acids is 1. The highest BCUT2D eigenvalue weighted by Gasteiger charge is 2.29. The van der Waals surface area contributed by atoms with E-state index < -0.39 is 0 Å². The number of hydrogen-bond acceptors (Lipinski definition) is 3. The first-order chi connectivity index (χ1) is 9.13. The largest absolute Gasteiger partial charge is 0.368 e. The van der Waals surface area contributed by atoms with Crippen LogP contribution in [0.4, 0.5) is 5.69 Å². The highest BCUT2D eigenvalue weighted by Crippen LogP contribution is 2.29. The Balaban J connectivity index is 2.18. The first-order valence-electron chi connectivity index (χ1n) is 6.99. The summed E-state index contributed by atoms with van der Waals surface area (Å²) in [6, 6.07) is 6.29. The molecule has 1 aromatic carbocycles. The molecule has 4 nitrogen and oxygen atoms in total. The van der Waals surface area contributed by atoms with Crippen molar-refractivity contribution in [2.24, 2.45) is 5.73 Å². The molecular formula is C15H23N3O. The zero-order valence-electron chi connectivity index (χ0n) is 11.8. The number of aryl methyl sites for hydroxylation is 1. The topological polar surface area (TPSA) is 58.4 Å². The van der Waals surface area contributed by atoms with Gasteiger partial charge in [0.15, 0.2) is 0 Å². The number of nitrogens with two attached hydrogens (primary N) is 1. The summed E-state index contributed by atoms with van der Waals surface area (Å²) < 4.78 is 0. The highest BCUT2D eigenvalue weighted by atomic mass is 16.1. The average Bonchev–Trinajstić information content (AvgIpc) is 2.85. The van der Waals surface area contributed by atoms with Crippen LogP contribution in [0.5, 0.6) is 0 Å². The SMILES string of the molecule is CCNCc1ccc(N2CCCC2C(N)=O)c(C)c1. The second-order valence-corrected chi connectivity index (χ2v) is 5.15. The minimum absolute atomic E-state index is 0.140. The van der Waals surface area contributed by atoms with Gasteiger partial charge in [0.25, 0.3) is 0 Å². The molecule has 1 aliphatic rings. The predicted octanol–water partition coefficient (Wildman–Crippen LogP) is 1.56. The Hall–Kier alpha value is -1.55. The van der Waals surface area contributed by atoms with E-state index in [1.54, 1.807) is 0 Å². The summed E-state index contributed by atoms with van der Waals surface area (Å²) in [7, 11) is 0. The molecule has 1 aromatic rings. The van der Waals surface area contributed by atoms with Crippen LogP contribution in [0.2, 0.25) is 0 Å². The zero-order valence-corrected chi connectivity index (χ0v) is 11.8. The molecule has 0 spiro atoms. The molecule has 0 aromatic heterocycles. The third kappa shape index (κ3) is 3.07. The van der Waals surface area contributed by atoms with Crippen LogP contribution >= 0.6 is 0 Å². The number of rotatable bonds is 5. The molecule has 2 rings (SSSR count). The number of benzene rings is 1. The molecule has 104 valence electrons. The average molecular weight is 261 g/mol. The van der Waals surface area contributed by atoms with Crippen LogP contribution < -0.4 is 16.0 Å². The summed E-state index contributed by atoms with van der Waals surface area (Å²) in [5.41, 5.74) is 9.11. The number of primary amides is 1. The van der Waals surface area contributed by atoms with Crippen molar-refractivity contribution in [3.8, 4) is 0 Å². The van der Waals surface area contributed by atoms with Crippen molar-refractivity contribution in [1.82, 2.24) is 5.32 Å². The van der Waals surface area contributed by atoms with Gasteiger partial charge >= 0.3 is 0 Å². The molecule has 0 radical (unpaired) electrons. The molecule has 1 fully saturated rings. The lowest BCUT2D eigenvalue weighted by molar-refractivity contribution is -0.119. The van der Waals surface area contributed by atoms with Crippen molar-refractivity contribution in [3.05, 3.63) is 29.3 Å². The maximum atomic E-state index is 11.5. The standard InChI is InChI=1S/C15H23N3O/c1-3-17-10-12-6-7-13(11(2)9-12)18-8-4-5-14(18)15(16)19/h6-7,9,14,17H,3-5,8,10H2,1-2H3,(H2,16,19). The molecule has 3 N–H and O–H groups in total. The number of nitrogens with zero attached hydrogens (tertiary/aromatic N) is 1. The zero-order chi connectivity index (χ0) is 13.8. The third-order valence-electron chi connectivity index (χ3n) is 3.73. The monoisotopic (exact) mass is 261 g/mol. The van der Waals surface area contributed by atoms with Crippen molar-refractivity contribution >= 4 is 11.6 Å². The Kier molecular flexibility index (Phi) is 4.43. The third-order valence-corrected chi connectivity index (χ3v) is 3.73. The molecule has 1 atom stereocenters. The van der Waals surface area contributed by atoms with Crippen LogP contribution in [0.1, 0.15) is 30.9 Å². The van der Waals surface area contributed by atoms with Gasteiger partial charge in [0.05, 0.1) is 0 Å². The van der Waals surface area contributed by atoms with Gasteiger partial charge in [-0.15, -0.1) is 0 Å². The lowest BCUT2D eigenvalue weighted by Crippen LogP contribution is -2.40. The lowest BCUT2D eigenvalue weighted by Gasteiger charge is -2.26. The molecule has 0 aliphatic carbocycles. The maximum absolute atomic E-state index is 11.5. The van der Waals surface area contributed by atoms with E-state index in [0.29, 0.717) is 0 Å². The Bertz CT molecular complexity index is 459. The number of hydrogen-bond donors (Lipinski definition) is 2. The van der Waals surface area contributed by atoms with Crippen molar-refractivity contribution in [2.75, 3.05) is 18.0 Å². The van der Waals surface area contributed by atoms with Gasteiger partial charge in [-0.1, -0.05) is 19.1 Å². The van der Waals surface area contributed by atoms with Gasteiger partial charge in [0.2, 0.25) is 5.91 Å². The number of anilines is 1. The fourth-order valence-electron chi connectivity index (χ4n) is 2.77. The van der Waals surface area contributed by atoms with Crippen molar-refractivity contribution < 1.29 is 4.79 Å². The first-order valence-corrected chi connectivity index (χ1v) is 6.99. The fourth-order valence-corrected chi connectivity index (χ4v) is 2.77. The summed E-state index contributed by atoms with van der Waals surface area (Å²) in [5, 5.41) is 3.32. The summed E-state index contributed by atoms with van der Waals surface area (Å²) in [4.78, 5) is 13.6.